The van der Waals surface area contributed by atoms with Crippen LogP contribution in [-0.4, -0.2) is 35.0 Å². The van der Waals surface area contributed by atoms with Gasteiger partial charge in [0.05, 0.1) is 10.5 Å². The van der Waals surface area contributed by atoms with Crippen LogP contribution in [0.3, 0.4) is 0 Å². The Hall–Kier alpha value is -3.42. The van der Waals surface area contributed by atoms with Gasteiger partial charge in [-0.25, -0.2) is 4.79 Å². The molecule has 30 heavy (non-hydrogen) atoms. The second-order valence-corrected chi connectivity index (χ2v) is 7.85. The highest BCUT2D eigenvalue weighted by Gasteiger charge is 2.35. The van der Waals surface area contributed by atoms with Gasteiger partial charge in [-0.2, -0.15) is 0 Å². The van der Waals surface area contributed by atoms with Gasteiger partial charge in [-0.05, 0) is 56.9 Å². The van der Waals surface area contributed by atoms with Crippen molar-refractivity contribution in [1.82, 2.24) is 0 Å². The maximum atomic E-state index is 13.0. The van der Waals surface area contributed by atoms with Crippen molar-refractivity contribution in [3.63, 3.8) is 0 Å². The fourth-order valence-corrected chi connectivity index (χ4v) is 3.76. The molecular weight excluding hydrogens is 386 g/mol. The largest absolute Gasteiger partial charge is 0.449 e. The smallest absolute Gasteiger partial charge is 0.339 e. The first-order valence-electron chi connectivity index (χ1n) is 10.0. The van der Waals surface area contributed by atoms with Gasteiger partial charge in [0.2, 0.25) is 0 Å². The van der Waals surface area contributed by atoms with E-state index in [1.807, 2.05) is 31.2 Å². The number of nitro benzene ring substituents is 1. The molecule has 2 aromatic rings. The van der Waals surface area contributed by atoms with Crippen molar-refractivity contribution in [2.75, 3.05) is 10.2 Å². The number of benzene rings is 2. The second-order valence-electron chi connectivity index (χ2n) is 7.85. The lowest BCUT2D eigenvalue weighted by atomic mass is 10.1. The lowest BCUT2D eigenvalue weighted by molar-refractivity contribution is -0.384. The predicted octanol–water partition coefficient (Wildman–Crippen LogP) is 3.69. The molecule has 0 unspecified atom stereocenters. The van der Waals surface area contributed by atoms with Gasteiger partial charge in [-0.1, -0.05) is 18.2 Å². The summed E-state index contributed by atoms with van der Waals surface area (Å²) in [5.41, 5.74) is 2.14. The SMILES string of the molecule is C[C@@H]1Cc2ccccc2N1C(=O)[C@@H](C)OC(=O)c1ccc(NC2CC2)c([N+](=O)[O-])c1. The molecule has 1 fully saturated rings. The highest BCUT2D eigenvalue weighted by Crippen LogP contribution is 2.33. The summed E-state index contributed by atoms with van der Waals surface area (Å²) < 4.78 is 5.37. The Morgan fingerprint density at radius 2 is 1.97 bits per heavy atom. The van der Waals surface area contributed by atoms with E-state index in [4.69, 9.17) is 4.74 Å². The van der Waals surface area contributed by atoms with Crippen LogP contribution in [0.4, 0.5) is 17.1 Å². The topological polar surface area (TPSA) is 102 Å². The number of hydrogen-bond acceptors (Lipinski definition) is 6. The van der Waals surface area contributed by atoms with Gasteiger partial charge in [-0.3, -0.25) is 14.9 Å². The van der Waals surface area contributed by atoms with Gasteiger partial charge in [0.25, 0.3) is 11.6 Å². The monoisotopic (exact) mass is 409 g/mol. The molecule has 1 saturated carbocycles. The summed E-state index contributed by atoms with van der Waals surface area (Å²) >= 11 is 0. The molecule has 1 heterocycles. The number of fused-ring (bicyclic) bond motifs is 1. The number of carbonyl (C=O) groups is 2. The molecule has 8 heteroatoms. The number of nitro groups is 1. The van der Waals surface area contributed by atoms with Crippen LogP contribution in [0.15, 0.2) is 42.5 Å². The van der Waals surface area contributed by atoms with E-state index >= 15 is 0 Å². The third-order valence-corrected chi connectivity index (χ3v) is 5.44. The van der Waals surface area contributed by atoms with Crippen molar-refractivity contribution in [2.24, 2.45) is 0 Å². The zero-order valence-corrected chi connectivity index (χ0v) is 16.8. The zero-order valence-electron chi connectivity index (χ0n) is 16.8. The number of anilines is 2. The number of nitrogens with zero attached hydrogens (tertiary/aromatic N) is 2. The van der Waals surface area contributed by atoms with Crippen molar-refractivity contribution in [1.29, 1.82) is 0 Å². The second kappa shape index (κ2) is 7.78. The van der Waals surface area contributed by atoms with Crippen LogP contribution in [0.1, 0.15) is 42.6 Å². The summed E-state index contributed by atoms with van der Waals surface area (Å²) in [6.07, 6.45) is 1.66. The van der Waals surface area contributed by atoms with Gasteiger partial charge in [0, 0.05) is 23.8 Å². The average molecular weight is 409 g/mol. The summed E-state index contributed by atoms with van der Waals surface area (Å²) in [7, 11) is 0. The molecule has 0 bridgehead atoms. The number of rotatable bonds is 6. The van der Waals surface area contributed by atoms with E-state index in [2.05, 4.69) is 5.32 Å². The van der Waals surface area contributed by atoms with Crippen LogP contribution in [0, 0.1) is 10.1 Å². The Balaban J connectivity index is 1.49. The van der Waals surface area contributed by atoms with Gasteiger partial charge in [0.15, 0.2) is 6.10 Å². The third-order valence-electron chi connectivity index (χ3n) is 5.44. The van der Waals surface area contributed by atoms with E-state index in [9.17, 15) is 19.7 Å². The zero-order chi connectivity index (χ0) is 21.4. The summed E-state index contributed by atoms with van der Waals surface area (Å²) in [6.45, 7) is 3.46. The Morgan fingerprint density at radius 3 is 2.67 bits per heavy atom. The minimum absolute atomic E-state index is 0.0371. The molecule has 1 N–H and O–H groups in total. The van der Waals surface area contributed by atoms with E-state index < -0.39 is 17.0 Å². The quantitative estimate of drug-likeness (QED) is 0.443. The standard InChI is InChI=1S/C22H23N3O5/c1-13-11-15-5-3-4-6-19(15)24(13)21(26)14(2)30-22(27)16-7-10-18(23-17-8-9-17)20(12-16)25(28)29/h3-7,10,12-14,17,23H,8-9,11H2,1-2H3/t13-,14-/m1/s1. The molecule has 1 aliphatic heterocycles. The molecule has 0 saturated heterocycles. The number of esters is 1. The fourth-order valence-electron chi connectivity index (χ4n) is 3.76. The minimum atomic E-state index is -1.02. The van der Waals surface area contributed by atoms with E-state index in [0.29, 0.717) is 5.69 Å². The number of nitrogens with one attached hydrogen (secondary N) is 1. The summed E-state index contributed by atoms with van der Waals surface area (Å²) in [5, 5.41) is 14.5. The summed E-state index contributed by atoms with van der Waals surface area (Å²) in [4.78, 5) is 38.1. The lowest BCUT2D eigenvalue weighted by Crippen LogP contribution is -2.43. The van der Waals surface area contributed by atoms with Gasteiger partial charge in [-0.15, -0.1) is 0 Å². The fraction of sp³-hybridized carbons (Fsp3) is 0.364. The molecule has 2 aliphatic rings. The first kappa shape index (κ1) is 19.9. The molecule has 156 valence electrons. The van der Waals surface area contributed by atoms with Gasteiger partial charge < -0.3 is 15.0 Å². The van der Waals surface area contributed by atoms with E-state index in [-0.39, 0.29) is 29.2 Å². The molecule has 2 aromatic carbocycles. The van der Waals surface area contributed by atoms with E-state index in [0.717, 1.165) is 30.5 Å². The molecule has 0 aromatic heterocycles. The molecule has 1 amide bonds. The maximum absolute atomic E-state index is 13.0. The number of carbonyl (C=O) groups excluding carboxylic acids is 2. The highest BCUT2D eigenvalue weighted by atomic mass is 16.6. The molecule has 0 spiro atoms. The molecule has 0 radical (unpaired) electrons. The summed E-state index contributed by atoms with van der Waals surface area (Å²) in [5.74, 6) is -1.08. The van der Waals surface area contributed by atoms with Crippen LogP contribution in [0.2, 0.25) is 0 Å². The molecular formula is C22H23N3O5. The molecule has 4 rings (SSSR count). The maximum Gasteiger partial charge on any atom is 0.339 e. The predicted molar refractivity (Wildman–Crippen MR) is 112 cm³/mol. The molecule has 2 atom stereocenters. The van der Waals surface area contributed by atoms with E-state index in [1.165, 1.54) is 25.1 Å². The highest BCUT2D eigenvalue weighted by molar-refractivity contribution is 6.01. The molecule has 8 nitrogen and oxygen atoms in total. The van der Waals surface area contributed by atoms with Gasteiger partial charge in [0.1, 0.15) is 5.69 Å². The van der Waals surface area contributed by atoms with Gasteiger partial charge >= 0.3 is 5.97 Å². The third kappa shape index (κ3) is 3.85. The Kier molecular flexibility index (Phi) is 5.15. The number of amides is 1. The van der Waals surface area contributed by atoms with Crippen molar-refractivity contribution in [3.05, 3.63) is 63.7 Å². The van der Waals surface area contributed by atoms with Crippen LogP contribution < -0.4 is 10.2 Å². The van der Waals surface area contributed by atoms with Crippen molar-refractivity contribution in [2.45, 2.75) is 51.3 Å². The van der Waals surface area contributed by atoms with Crippen LogP contribution in [0.25, 0.3) is 0 Å². The lowest BCUT2D eigenvalue weighted by Gasteiger charge is -2.26. The Morgan fingerprint density at radius 1 is 1.23 bits per heavy atom. The minimum Gasteiger partial charge on any atom is -0.449 e. The number of hydrogen-bond donors (Lipinski definition) is 1. The van der Waals surface area contributed by atoms with Crippen LogP contribution in [0.5, 0.6) is 0 Å². The van der Waals surface area contributed by atoms with Crippen molar-refractivity contribution in [3.8, 4) is 0 Å². The first-order chi connectivity index (χ1) is 14.3. The summed E-state index contributed by atoms with van der Waals surface area (Å²) in [6, 6.07) is 12.0. The Bertz CT molecular complexity index is 1020. The van der Waals surface area contributed by atoms with Crippen molar-refractivity contribution < 1.29 is 19.2 Å². The van der Waals surface area contributed by atoms with E-state index in [1.54, 1.807) is 4.90 Å². The number of ether oxygens (including phenoxy) is 1. The van der Waals surface area contributed by atoms with Crippen molar-refractivity contribution >= 4 is 28.9 Å². The Labute approximate surface area is 174 Å². The van der Waals surface area contributed by atoms with Crippen LogP contribution in [-0.2, 0) is 16.0 Å². The average Bonchev–Trinajstić information content (AvgIpc) is 3.46. The van der Waals surface area contributed by atoms with Crippen LogP contribution >= 0.6 is 0 Å². The normalized spacial score (nSPS) is 18.5. The first-order valence-corrected chi connectivity index (χ1v) is 10.0. The number of para-hydroxylation sites is 1. The molecule has 1 aliphatic carbocycles.